The number of ketones is 2. The summed E-state index contributed by atoms with van der Waals surface area (Å²) in [6, 6.07) is 28.6. The van der Waals surface area contributed by atoms with Crippen molar-refractivity contribution >= 4 is 75.5 Å². The number of carbonyl (C=O) groups is 5. The third kappa shape index (κ3) is 58.0. The Hall–Kier alpha value is -1.84. The van der Waals surface area contributed by atoms with E-state index in [9.17, 15) is 37.5 Å². The first-order valence-corrected chi connectivity index (χ1v) is 27.3. The molecule has 0 aromatic heterocycles. The van der Waals surface area contributed by atoms with Crippen molar-refractivity contribution in [1.82, 2.24) is 0 Å². The molecule has 4 aromatic carbocycles. The minimum Gasteiger partial charge on any atom is -1.00 e. The molecule has 0 bridgehead atoms. The number of phenolic OH excluding ortho intramolecular Hbond substituents is 1. The number of hydrogen-bond acceptors (Lipinski definition) is 17. The summed E-state index contributed by atoms with van der Waals surface area (Å²) >= 11 is 9.95. The molecule has 2 unspecified atom stereocenters. The van der Waals surface area contributed by atoms with Gasteiger partial charge in [-0.1, -0.05) is 82.1 Å². The van der Waals surface area contributed by atoms with Crippen LogP contribution in [0.5, 0.6) is 23.0 Å². The molecule has 4 aromatic rings. The van der Waals surface area contributed by atoms with E-state index in [-0.39, 0.29) is 194 Å². The van der Waals surface area contributed by atoms with E-state index in [0.29, 0.717) is 60.5 Å². The quantitative estimate of drug-likeness (QED) is 0.00710. The second-order valence-electron chi connectivity index (χ2n) is 17.4. The maximum absolute atomic E-state index is 11.9. The van der Waals surface area contributed by atoms with Crippen LogP contribution in [-0.2, 0) is 54.2 Å². The monoisotopic (exact) mass is 1410 g/mol. The van der Waals surface area contributed by atoms with Gasteiger partial charge in [0, 0.05) is 48.7 Å². The number of esters is 1. The van der Waals surface area contributed by atoms with Crippen LogP contribution in [0.15, 0.2) is 121 Å². The van der Waals surface area contributed by atoms with Gasteiger partial charge in [0.2, 0.25) is 5.24 Å². The van der Waals surface area contributed by atoms with Crippen LogP contribution >= 0.6 is 23.2 Å². The number of Topliss-reactive ketones (excluding diaryl/α,β-unsaturated/α-hetero) is 2. The number of aromatic hydroxyl groups is 1. The van der Waals surface area contributed by atoms with Crippen LogP contribution in [-0.4, -0.2) is 122 Å². The molecule has 26 heteroatoms. The molecule has 484 valence electrons. The van der Waals surface area contributed by atoms with Crippen molar-refractivity contribution in [2.24, 2.45) is 0 Å². The zero-order chi connectivity index (χ0) is 65.2. The summed E-state index contributed by atoms with van der Waals surface area (Å²) in [7, 11) is 0. The predicted molar refractivity (Wildman–Crippen MR) is 325 cm³/mol. The second-order valence-corrected chi connectivity index (χ2v) is 17.9. The molecule has 0 radical (unpaired) electrons. The molecule has 0 amide bonds. The standard InChI is InChI=1S/C18H26O4.C14H22O3.C11H14O3.C8H8O2.C4H5ClO.C3H7ClO.C3H4F3.CH2O3.BrH.2K.Mg.H/c1-6-12-18(5,22-17(19)14(3)4)15-8-10-16(11-9-15)21-13-20-7-2;1-4-10-14(3,15)12-6-8-13(9-7-12)17-11-16-5-2;1-3-13-8-14-11-6-4-10(5-7-11)9(2)12;1-6(9)7-2-4-8(10)5-3-7;1-3(2)4(5)6;1-2-5-3-4;1-2-3(4,5)6;2-1-4-3;;;;;/h8-11H,3,6-7,12-13H2,1-2,4-5H3;6-9,15H,4-5,10-11H2,1-3H3;4-7H,3,8H2,1-2H3;2-5,10H,1H3;1H2,2H3;2-3H2,1H3;1-2H2;1,3H;1H;;;;/q;;;;;;-1;;;2*+1;+2;-1/p-2. The number of carbonyl (C=O) groups excluding carboxylic acids is 5. The minimum atomic E-state index is -4.07. The summed E-state index contributed by atoms with van der Waals surface area (Å²) < 4.78 is 73.8. The Morgan fingerprint density at radius 1 is 0.625 bits per heavy atom. The van der Waals surface area contributed by atoms with Crippen LogP contribution in [0.1, 0.15) is 148 Å². The van der Waals surface area contributed by atoms with Gasteiger partial charge in [-0.15, -0.1) is 0 Å². The number of alkyl halides is 4. The van der Waals surface area contributed by atoms with Crippen LogP contribution in [0.25, 0.3) is 0 Å². The number of phenols is 1. The van der Waals surface area contributed by atoms with Crippen molar-refractivity contribution in [1.29, 1.82) is 0 Å². The number of halogens is 6. The maximum Gasteiger partial charge on any atom is 2.00 e. The average molecular weight is 1420 g/mol. The average Bonchev–Trinajstić information content (AvgIpc) is 3.65. The number of ether oxygens (including phenoxy) is 8. The first-order valence-electron chi connectivity index (χ1n) is 26.4. The Labute approximate surface area is 642 Å². The molecule has 88 heavy (non-hydrogen) atoms. The second kappa shape index (κ2) is 63.9. The van der Waals surface area contributed by atoms with Gasteiger partial charge in [-0.3, -0.25) is 19.2 Å². The summed E-state index contributed by atoms with van der Waals surface area (Å²) in [4.78, 5) is 54.6. The van der Waals surface area contributed by atoms with E-state index in [4.69, 9.17) is 71.5 Å². The van der Waals surface area contributed by atoms with Crippen molar-refractivity contribution in [2.75, 3.05) is 52.9 Å². The molecular formula is C62H88BrCl2F3K2MgO17. The summed E-state index contributed by atoms with van der Waals surface area (Å²) in [5.74, 6) is 2.08. The van der Waals surface area contributed by atoms with E-state index in [1.807, 2.05) is 90.1 Å². The first kappa shape index (κ1) is 102. The number of aliphatic hydroxyl groups is 1. The largest absolute Gasteiger partial charge is 2.00 e. The topological polar surface area (TPSA) is 232 Å². The Balaban J connectivity index is -0.000000124. The molecule has 0 aliphatic heterocycles. The zero-order valence-corrected chi connectivity index (χ0v) is 64.4. The molecule has 2 atom stereocenters. The molecule has 0 aliphatic rings. The van der Waals surface area contributed by atoms with Crippen molar-refractivity contribution in [2.45, 2.75) is 133 Å². The van der Waals surface area contributed by atoms with Crippen LogP contribution in [0.2, 0.25) is 0 Å². The van der Waals surface area contributed by atoms with Crippen molar-refractivity contribution < 1.29 is 217 Å². The normalized spacial score (nSPS) is 10.8. The van der Waals surface area contributed by atoms with E-state index >= 15 is 0 Å². The van der Waals surface area contributed by atoms with E-state index in [1.165, 1.54) is 26.0 Å². The smallest absolute Gasteiger partial charge is 1.00 e. The van der Waals surface area contributed by atoms with Gasteiger partial charge in [0.1, 0.15) is 34.7 Å². The summed E-state index contributed by atoms with van der Waals surface area (Å²) in [6.45, 7) is 34.5. The Morgan fingerprint density at radius 3 is 1.17 bits per heavy atom. The number of hydrogen-bond donors (Lipinski definition) is 2. The molecule has 0 saturated carbocycles. The van der Waals surface area contributed by atoms with E-state index in [0.717, 1.165) is 48.3 Å². The Morgan fingerprint density at radius 2 is 0.932 bits per heavy atom. The van der Waals surface area contributed by atoms with Gasteiger partial charge in [0.15, 0.2) is 31.9 Å². The van der Waals surface area contributed by atoms with Gasteiger partial charge in [0.25, 0.3) is 6.47 Å². The summed E-state index contributed by atoms with van der Waals surface area (Å²) in [5, 5.41) is 27.0. The van der Waals surface area contributed by atoms with Crippen LogP contribution in [0.3, 0.4) is 0 Å². The number of rotatable bonds is 26. The first-order chi connectivity index (χ1) is 39.5. The minimum absolute atomic E-state index is 0. The van der Waals surface area contributed by atoms with Gasteiger partial charge in [0.05, 0.1) is 5.60 Å². The maximum atomic E-state index is 11.9. The SMILES string of the molecule is C=C(C)C(=O)Cl.C=C(C)C(=O)OC(C)(CCC)c1ccc(OCOCC)cc1.CC(=O)c1ccc(O)cc1.CCCC(C)(O)c1ccc(OCOCC)cc1.CCOCCl.CCOCOc1ccc(C(C)=O)cc1.O=CO[O-].[Br-].[CH2-]CC(F)(F)F.[H-].[K+].[K+].[Mg+2]. The Bertz CT molecular complexity index is 2390. The molecule has 0 saturated heterocycles. The fraction of sp³-hybridized carbons (Fsp3) is 0.452. The van der Waals surface area contributed by atoms with Crippen molar-refractivity contribution in [3.63, 3.8) is 0 Å². The molecule has 2 N–H and O–H groups in total. The van der Waals surface area contributed by atoms with Crippen molar-refractivity contribution in [3.05, 3.63) is 151 Å². The molecule has 0 heterocycles. The van der Waals surface area contributed by atoms with Gasteiger partial charge < -0.3 is 83.6 Å². The van der Waals surface area contributed by atoms with E-state index in [2.05, 4.69) is 43.6 Å². The Kier molecular flexibility index (Phi) is 74.3. The fourth-order valence-corrected chi connectivity index (χ4v) is 5.76. The fourth-order valence-electron chi connectivity index (χ4n) is 5.61. The van der Waals surface area contributed by atoms with Gasteiger partial charge in [-0.25, -0.2) is 4.79 Å². The van der Waals surface area contributed by atoms with Crippen LogP contribution in [0, 0.1) is 6.92 Å². The van der Waals surface area contributed by atoms with Gasteiger partial charge >= 0.3 is 138 Å². The van der Waals surface area contributed by atoms with E-state index in [1.54, 1.807) is 50.2 Å². The third-order valence-corrected chi connectivity index (χ3v) is 10.6. The third-order valence-electron chi connectivity index (χ3n) is 10.1. The molecular weight excluding hydrogens is 1330 g/mol. The summed E-state index contributed by atoms with van der Waals surface area (Å²) in [6.07, 6.45) is -1.69. The molecule has 4 rings (SSSR count). The molecule has 17 nitrogen and oxygen atoms in total. The van der Waals surface area contributed by atoms with Crippen LogP contribution < -0.4 is 139 Å². The number of allylic oxidation sites excluding steroid dienone is 1. The van der Waals surface area contributed by atoms with E-state index < -0.39 is 29.0 Å². The molecule has 0 aliphatic carbocycles. The summed E-state index contributed by atoms with van der Waals surface area (Å²) in [5.41, 5.74) is 2.54. The van der Waals surface area contributed by atoms with Crippen molar-refractivity contribution in [3.8, 4) is 23.0 Å². The molecule has 0 fully saturated rings. The van der Waals surface area contributed by atoms with Crippen LogP contribution in [0.4, 0.5) is 13.2 Å². The zero-order valence-electron chi connectivity index (χ0n) is 54.6. The number of benzene rings is 4. The van der Waals surface area contributed by atoms with Gasteiger partial charge in [-0.2, -0.15) is 13.2 Å². The molecule has 0 spiro atoms. The van der Waals surface area contributed by atoms with Gasteiger partial charge in [-0.05, 0) is 178 Å². The predicted octanol–water partition coefficient (Wildman–Crippen LogP) is 4.62.